The Bertz CT molecular complexity index is 256. The van der Waals surface area contributed by atoms with Crippen LogP contribution >= 0.6 is 11.8 Å². The Kier molecular flexibility index (Phi) is 3.35. The molecule has 0 N–H and O–H groups in total. The van der Waals surface area contributed by atoms with E-state index in [2.05, 4.69) is 0 Å². The Morgan fingerprint density at radius 3 is 2.33 bits per heavy atom. The lowest BCUT2D eigenvalue weighted by Crippen LogP contribution is -2.03. The van der Waals surface area contributed by atoms with E-state index in [4.69, 9.17) is 0 Å². The lowest BCUT2D eigenvalue weighted by atomic mass is 10.1. The van der Waals surface area contributed by atoms with E-state index in [1.54, 1.807) is 18.7 Å². The van der Waals surface area contributed by atoms with E-state index in [9.17, 15) is 4.79 Å². The van der Waals surface area contributed by atoms with Crippen LogP contribution in [0.3, 0.4) is 0 Å². The summed E-state index contributed by atoms with van der Waals surface area (Å²) in [6, 6.07) is 9.86. The first-order chi connectivity index (χ1) is 5.75. The van der Waals surface area contributed by atoms with Crippen molar-refractivity contribution in [1.82, 2.24) is 0 Å². The largest absolute Gasteiger partial charge is 0.298 e. The highest BCUT2D eigenvalue weighted by molar-refractivity contribution is 7.99. The molecule has 0 amide bonds. The number of carbonyl (C=O) groups is 1. The Hall–Kier alpha value is -0.760. The Labute approximate surface area is 77.2 Å². The van der Waals surface area contributed by atoms with Gasteiger partial charge in [-0.15, -0.1) is 11.8 Å². The molecule has 0 aliphatic carbocycles. The summed E-state index contributed by atoms with van der Waals surface area (Å²) in [4.78, 5) is 11.2. The van der Waals surface area contributed by atoms with Crippen molar-refractivity contribution >= 4 is 17.5 Å². The molecule has 1 aromatic carbocycles. The minimum atomic E-state index is 0.00574. The molecule has 0 saturated heterocycles. The first-order valence-corrected chi connectivity index (χ1v) is 5.12. The zero-order valence-corrected chi connectivity index (χ0v) is 8.10. The topological polar surface area (TPSA) is 17.1 Å². The monoisotopic (exact) mass is 180 g/mol. The number of hydrogen-bond donors (Lipinski definition) is 0. The molecule has 12 heavy (non-hydrogen) atoms. The molecule has 0 spiro atoms. The summed E-state index contributed by atoms with van der Waals surface area (Å²) in [5.74, 6) is 0.216. The first kappa shape index (κ1) is 9.33. The lowest BCUT2D eigenvalue weighted by molar-refractivity contribution is -0.116. The average Bonchev–Trinajstić information content (AvgIpc) is 2.07. The van der Waals surface area contributed by atoms with Gasteiger partial charge in [-0.1, -0.05) is 30.3 Å². The lowest BCUT2D eigenvalue weighted by Gasteiger charge is -2.09. The molecule has 0 aromatic heterocycles. The van der Waals surface area contributed by atoms with Crippen LogP contribution in [0.25, 0.3) is 0 Å². The molecule has 0 unspecified atom stereocenters. The van der Waals surface area contributed by atoms with E-state index in [0.29, 0.717) is 0 Å². The predicted molar refractivity (Wildman–Crippen MR) is 53.4 cm³/mol. The zero-order valence-electron chi connectivity index (χ0n) is 7.28. The van der Waals surface area contributed by atoms with Crippen LogP contribution in [0.1, 0.15) is 17.7 Å². The van der Waals surface area contributed by atoms with Crippen molar-refractivity contribution in [3.8, 4) is 0 Å². The highest BCUT2D eigenvalue weighted by Crippen LogP contribution is 2.26. The number of carbonyl (C=O) groups excluding carboxylic acids is 1. The Balaban J connectivity index is 2.88. The van der Waals surface area contributed by atoms with Gasteiger partial charge in [-0.25, -0.2) is 0 Å². The molecule has 0 aliphatic rings. The quantitative estimate of drug-likeness (QED) is 0.711. The minimum absolute atomic E-state index is 0.00574. The second-order valence-corrected chi connectivity index (χ2v) is 3.58. The molecule has 0 radical (unpaired) electrons. The zero-order chi connectivity index (χ0) is 8.97. The van der Waals surface area contributed by atoms with E-state index in [-0.39, 0.29) is 11.0 Å². The van der Waals surface area contributed by atoms with E-state index in [0.717, 1.165) is 5.56 Å². The molecule has 1 atom stereocenters. The molecular weight excluding hydrogens is 168 g/mol. The molecule has 1 nitrogen and oxygen atoms in total. The van der Waals surface area contributed by atoms with Crippen LogP contribution in [-0.2, 0) is 4.79 Å². The smallest absolute Gasteiger partial charge is 0.147 e. The van der Waals surface area contributed by atoms with Gasteiger partial charge in [-0.3, -0.25) is 4.79 Å². The number of thioether (sulfide) groups is 1. The normalized spacial score (nSPS) is 12.5. The third-order valence-corrected chi connectivity index (χ3v) is 2.78. The van der Waals surface area contributed by atoms with Crippen LogP contribution in [0.4, 0.5) is 0 Å². The van der Waals surface area contributed by atoms with E-state index >= 15 is 0 Å². The van der Waals surface area contributed by atoms with Crippen LogP contribution in [0.2, 0.25) is 0 Å². The van der Waals surface area contributed by atoms with Gasteiger partial charge in [0.25, 0.3) is 0 Å². The minimum Gasteiger partial charge on any atom is -0.298 e. The fourth-order valence-corrected chi connectivity index (χ4v) is 1.93. The number of ketones is 1. The molecule has 64 valence electrons. The summed E-state index contributed by atoms with van der Waals surface area (Å²) < 4.78 is 0. The van der Waals surface area contributed by atoms with Gasteiger partial charge in [-0.2, -0.15) is 0 Å². The van der Waals surface area contributed by atoms with E-state index < -0.39 is 0 Å². The Morgan fingerprint density at radius 2 is 1.92 bits per heavy atom. The van der Waals surface area contributed by atoms with E-state index in [1.807, 2.05) is 36.6 Å². The highest BCUT2D eigenvalue weighted by atomic mass is 32.2. The first-order valence-electron chi connectivity index (χ1n) is 3.84. The van der Waals surface area contributed by atoms with Gasteiger partial charge >= 0.3 is 0 Å². The fraction of sp³-hybridized carbons (Fsp3) is 0.300. The van der Waals surface area contributed by atoms with Gasteiger partial charge in [0.05, 0.1) is 5.25 Å². The van der Waals surface area contributed by atoms with Crippen molar-refractivity contribution in [3.63, 3.8) is 0 Å². The van der Waals surface area contributed by atoms with Gasteiger partial charge in [0.1, 0.15) is 5.78 Å². The molecule has 2 heteroatoms. The van der Waals surface area contributed by atoms with E-state index in [1.165, 1.54) is 0 Å². The molecule has 0 aliphatic heterocycles. The molecule has 1 aromatic rings. The molecule has 0 fully saturated rings. The van der Waals surface area contributed by atoms with Crippen LogP contribution in [0.5, 0.6) is 0 Å². The van der Waals surface area contributed by atoms with Crippen molar-refractivity contribution in [2.75, 3.05) is 6.26 Å². The molecule has 0 bridgehead atoms. The van der Waals surface area contributed by atoms with Crippen LogP contribution in [0, 0.1) is 0 Å². The van der Waals surface area contributed by atoms with Crippen LogP contribution in [-0.4, -0.2) is 12.0 Å². The van der Waals surface area contributed by atoms with Gasteiger partial charge in [0, 0.05) is 0 Å². The number of hydrogen-bond acceptors (Lipinski definition) is 2. The van der Waals surface area contributed by atoms with Gasteiger partial charge in [-0.05, 0) is 18.7 Å². The number of benzene rings is 1. The van der Waals surface area contributed by atoms with Crippen LogP contribution in [0.15, 0.2) is 30.3 Å². The van der Waals surface area contributed by atoms with Gasteiger partial charge in [0.2, 0.25) is 0 Å². The summed E-state index contributed by atoms with van der Waals surface area (Å²) in [5.41, 5.74) is 1.09. The van der Waals surface area contributed by atoms with Crippen molar-refractivity contribution < 1.29 is 4.79 Å². The van der Waals surface area contributed by atoms with Crippen molar-refractivity contribution in [1.29, 1.82) is 0 Å². The van der Waals surface area contributed by atoms with Crippen LogP contribution < -0.4 is 0 Å². The molecule has 0 heterocycles. The molecule has 1 rings (SSSR count). The SMILES string of the molecule is CS[C@@H](C(C)=O)c1ccccc1. The third kappa shape index (κ3) is 2.11. The van der Waals surface area contributed by atoms with Crippen molar-refractivity contribution in [2.45, 2.75) is 12.2 Å². The van der Waals surface area contributed by atoms with Crippen molar-refractivity contribution in [3.05, 3.63) is 35.9 Å². The average molecular weight is 180 g/mol. The maximum absolute atomic E-state index is 11.2. The summed E-state index contributed by atoms with van der Waals surface area (Å²) in [6.07, 6.45) is 1.96. The summed E-state index contributed by atoms with van der Waals surface area (Å²) in [7, 11) is 0. The number of Topliss-reactive ketones (excluding diaryl/α,β-unsaturated/α-hetero) is 1. The summed E-state index contributed by atoms with van der Waals surface area (Å²) >= 11 is 1.58. The molecular formula is C10H12OS. The predicted octanol–water partition coefficient (Wildman–Crippen LogP) is 2.68. The fourth-order valence-electron chi connectivity index (χ4n) is 1.16. The maximum atomic E-state index is 11.2. The number of rotatable bonds is 3. The standard InChI is InChI=1S/C10H12OS/c1-8(11)10(12-2)9-6-4-3-5-7-9/h3-7,10H,1-2H3/t10-/m0/s1. The van der Waals surface area contributed by atoms with Gasteiger partial charge in [0.15, 0.2) is 0 Å². The third-order valence-electron chi connectivity index (χ3n) is 1.71. The maximum Gasteiger partial charge on any atom is 0.147 e. The van der Waals surface area contributed by atoms with Gasteiger partial charge < -0.3 is 0 Å². The highest BCUT2D eigenvalue weighted by Gasteiger charge is 2.13. The van der Waals surface area contributed by atoms with Crippen molar-refractivity contribution in [2.24, 2.45) is 0 Å². The summed E-state index contributed by atoms with van der Waals surface area (Å²) in [6.45, 7) is 1.63. The molecule has 0 saturated carbocycles. The summed E-state index contributed by atoms with van der Waals surface area (Å²) in [5, 5.41) is 0.00574. The second-order valence-electron chi connectivity index (χ2n) is 2.64. The second kappa shape index (κ2) is 4.31. The Morgan fingerprint density at radius 1 is 1.33 bits per heavy atom.